The molecule has 3 nitrogen and oxygen atoms in total. The van der Waals surface area contributed by atoms with Crippen molar-refractivity contribution in [2.45, 2.75) is 13.1 Å². The first-order chi connectivity index (χ1) is 9.25. The molecule has 0 aliphatic carbocycles. The van der Waals surface area contributed by atoms with Gasteiger partial charge < -0.3 is 10.5 Å². The van der Waals surface area contributed by atoms with E-state index in [1.807, 2.05) is 6.92 Å². The molecular formula is C13H10ClF3N2O. The van der Waals surface area contributed by atoms with E-state index in [-0.39, 0.29) is 22.5 Å². The third kappa shape index (κ3) is 3.33. The van der Waals surface area contributed by atoms with Gasteiger partial charge in [0.15, 0.2) is 0 Å². The van der Waals surface area contributed by atoms with Crippen molar-refractivity contribution >= 4 is 17.4 Å². The highest BCUT2D eigenvalue weighted by Gasteiger charge is 2.31. The van der Waals surface area contributed by atoms with Crippen molar-refractivity contribution in [1.82, 2.24) is 4.98 Å². The summed E-state index contributed by atoms with van der Waals surface area (Å²) in [4.78, 5) is 3.70. The summed E-state index contributed by atoms with van der Waals surface area (Å²) in [6.45, 7) is 1.83. The number of rotatable bonds is 2. The molecule has 0 spiro atoms. The van der Waals surface area contributed by atoms with Gasteiger partial charge in [0.1, 0.15) is 11.6 Å². The third-order valence-electron chi connectivity index (χ3n) is 2.45. The summed E-state index contributed by atoms with van der Waals surface area (Å²) < 4.78 is 43.2. The molecule has 0 radical (unpaired) electrons. The number of anilines is 1. The predicted octanol–water partition coefficient (Wildman–Crippen LogP) is 4.44. The third-order valence-corrected chi connectivity index (χ3v) is 2.75. The standard InChI is InChI=1S/C13H10ClF3N2O/c1-7-2-3-10(9(14)4-7)20-12-6-8(13(15,16)17)5-11(18)19-12/h2-6H,1H3,(H2,18,19). The summed E-state index contributed by atoms with van der Waals surface area (Å²) in [7, 11) is 0. The van der Waals surface area contributed by atoms with Crippen LogP contribution in [0.4, 0.5) is 19.0 Å². The average molecular weight is 303 g/mol. The van der Waals surface area contributed by atoms with E-state index in [2.05, 4.69) is 4.98 Å². The second-order valence-electron chi connectivity index (χ2n) is 4.15. The molecule has 0 amide bonds. The van der Waals surface area contributed by atoms with Gasteiger partial charge >= 0.3 is 6.18 Å². The Kier molecular flexibility index (Phi) is 3.76. The molecule has 20 heavy (non-hydrogen) atoms. The van der Waals surface area contributed by atoms with E-state index >= 15 is 0 Å². The maximum Gasteiger partial charge on any atom is 0.416 e. The molecule has 0 saturated carbocycles. The quantitative estimate of drug-likeness (QED) is 0.892. The fourth-order valence-electron chi connectivity index (χ4n) is 1.54. The lowest BCUT2D eigenvalue weighted by Gasteiger charge is -2.11. The number of nitrogens with zero attached hydrogens (tertiary/aromatic N) is 1. The minimum Gasteiger partial charge on any atom is -0.437 e. The van der Waals surface area contributed by atoms with E-state index in [9.17, 15) is 13.2 Å². The van der Waals surface area contributed by atoms with Gasteiger partial charge in [0.05, 0.1) is 10.6 Å². The lowest BCUT2D eigenvalue weighted by molar-refractivity contribution is -0.137. The van der Waals surface area contributed by atoms with Crippen LogP contribution in [0.5, 0.6) is 11.6 Å². The van der Waals surface area contributed by atoms with Gasteiger partial charge in [-0.05, 0) is 30.7 Å². The Labute approximate surface area is 118 Å². The molecule has 1 aromatic heterocycles. The number of benzene rings is 1. The van der Waals surface area contributed by atoms with E-state index in [0.29, 0.717) is 0 Å². The van der Waals surface area contributed by atoms with Crippen molar-refractivity contribution < 1.29 is 17.9 Å². The van der Waals surface area contributed by atoms with Crippen LogP contribution in [0.1, 0.15) is 11.1 Å². The second kappa shape index (κ2) is 5.20. The van der Waals surface area contributed by atoms with Crippen molar-refractivity contribution in [3.63, 3.8) is 0 Å². The average Bonchev–Trinajstić information content (AvgIpc) is 2.31. The number of hydrogen-bond acceptors (Lipinski definition) is 3. The monoisotopic (exact) mass is 302 g/mol. The molecule has 1 heterocycles. The summed E-state index contributed by atoms with van der Waals surface area (Å²) in [6, 6.07) is 6.41. The number of alkyl halides is 3. The lowest BCUT2D eigenvalue weighted by atomic mass is 10.2. The van der Waals surface area contributed by atoms with Crippen LogP contribution in [0.25, 0.3) is 0 Å². The van der Waals surface area contributed by atoms with Gasteiger partial charge in [-0.1, -0.05) is 17.7 Å². The second-order valence-corrected chi connectivity index (χ2v) is 4.56. The van der Waals surface area contributed by atoms with Crippen LogP contribution in [-0.2, 0) is 6.18 Å². The van der Waals surface area contributed by atoms with Crippen LogP contribution < -0.4 is 10.5 Å². The van der Waals surface area contributed by atoms with Gasteiger partial charge in [-0.3, -0.25) is 0 Å². The summed E-state index contributed by atoms with van der Waals surface area (Å²) in [5.41, 5.74) is 5.32. The number of aryl methyl sites for hydroxylation is 1. The molecule has 106 valence electrons. The first-order valence-corrected chi connectivity index (χ1v) is 5.92. The molecule has 0 aliphatic heterocycles. The largest absolute Gasteiger partial charge is 0.437 e. The minimum absolute atomic E-state index is 0.212. The van der Waals surface area contributed by atoms with Crippen molar-refractivity contribution in [2.24, 2.45) is 0 Å². The fourth-order valence-corrected chi connectivity index (χ4v) is 1.82. The highest BCUT2D eigenvalue weighted by Crippen LogP contribution is 2.34. The number of nitrogen functional groups attached to an aromatic ring is 1. The Balaban J connectivity index is 2.36. The van der Waals surface area contributed by atoms with Gasteiger partial charge in [0.2, 0.25) is 5.88 Å². The Bertz CT molecular complexity index is 644. The molecular weight excluding hydrogens is 293 g/mol. The number of hydrogen-bond donors (Lipinski definition) is 1. The molecule has 0 saturated heterocycles. The smallest absolute Gasteiger partial charge is 0.416 e. The zero-order chi connectivity index (χ0) is 14.9. The van der Waals surface area contributed by atoms with Gasteiger partial charge in [-0.15, -0.1) is 0 Å². The molecule has 0 aliphatic rings. The maximum absolute atomic E-state index is 12.7. The van der Waals surface area contributed by atoms with Crippen molar-refractivity contribution in [1.29, 1.82) is 0 Å². The van der Waals surface area contributed by atoms with Crippen LogP contribution in [0.3, 0.4) is 0 Å². The van der Waals surface area contributed by atoms with Crippen LogP contribution >= 0.6 is 11.6 Å². The summed E-state index contributed by atoms with van der Waals surface area (Å²) in [5.74, 6) is -0.329. The Morgan fingerprint density at radius 2 is 1.90 bits per heavy atom. The lowest BCUT2D eigenvalue weighted by Crippen LogP contribution is -2.07. The number of ether oxygens (including phenoxy) is 1. The SMILES string of the molecule is Cc1ccc(Oc2cc(C(F)(F)F)cc(N)n2)c(Cl)c1. The molecule has 0 bridgehead atoms. The minimum atomic E-state index is -4.52. The number of pyridine rings is 1. The predicted molar refractivity (Wildman–Crippen MR) is 69.9 cm³/mol. The molecule has 0 atom stereocenters. The number of nitrogens with two attached hydrogens (primary N) is 1. The van der Waals surface area contributed by atoms with E-state index < -0.39 is 11.7 Å². The molecule has 2 rings (SSSR count). The van der Waals surface area contributed by atoms with Crippen molar-refractivity contribution in [3.05, 3.63) is 46.5 Å². The number of halogens is 4. The molecule has 7 heteroatoms. The van der Waals surface area contributed by atoms with E-state index in [1.165, 1.54) is 0 Å². The van der Waals surface area contributed by atoms with Crippen molar-refractivity contribution in [2.75, 3.05) is 5.73 Å². The van der Waals surface area contributed by atoms with E-state index in [1.54, 1.807) is 18.2 Å². The number of aromatic nitrogens is 1. The molecule has 2 N–H and O–H groups in total. The Morgan fingerprint density at radius 1 is 1.20 bits per heavy atom. The first-order valence-electron chi connectivity index (χ1n) is 5.54. The van der Waals surface area contributed by atoms with Crippen LogP contribution in [0.15, 0.2) is 30.3 Å². The van der Waals surface area contributed by atoms with E-state index in [4.69, 9.17) is 22.1 Å². The molecule has 0 fully saturated rings. The van der Waals surface area contributed by atoms with Crippen molar-refractivity contribution in [3.8, 4) is 11.6 Å². The van der Waals surface area contributed by atoms with Gasteiger partial charge in [-0.2, -0.15) is 18.2 Å². The summed E-state index contributed by atoms with van der Waals surface area (Å²) in [6.07, 6.45) is -4.52. The fraction of sp³-hybridized carbons (Fsp3) is 0.154. The molecule has 0 unspecified atom stereocenters. The zero-order valence-electron chi connectivity index (χ0n) is 10.3. The van der Waals surface area contributed by atoms with Gasteiger partial charge in [0, 0.05) is 6.07 Å². The van der Waals surface area contributed by atoms with Crippen LogP contribution in [0, 0.1) is 6.92 Å². The summed E-state index contributed by atoms with van der Waals surface area (Å²) in [5, 5.41) is 0.280. The zero-order valence-corrected chi connectivity index (χ0v) is 11.1. The molecule has 1 aromatic carbocycles. The Morgan fingerprint density at radius 3 is 2.50 bits per heavy atom. The first kappa shape index (κ1) is 14.5. The highest BCUT2D eigenvalue weighted by molar-refractivity contribution is 6.32. The van der Waals surface area contributed by atoms with Gasteiger partial charge in [0.25, 0.3) is 0 Å². The van der Waals surface area contributed by atoms with Crippen LogP contribution in [-0.4, -0.2) is 4.98 Å². The normalized spacial score (nSPS) is 11.4. The Hall–Kier alpha value is -1.95. The van der Waals surface area contributed by atoms with Gasteiger partial charge in [-0.25, -0.2) is 0 Å². The van der Waals surface area contributed by atoms with Crippen LogP contribution in [0.2, 0.25) is 5.02 Å². The van der Waals surface area contributed by atoms with E-state index in [0.717, 1.165) is 17.7 Å². The molecule has 2 aromatic rings. The maximum atomic E-state index is 12.7. The highest BCUT2D eigenvalue weighted by atomic mass is 35.5. The summed E-state index contributed by atoms with van der Waals surface area (Å²) >= 11 is 5.94. The topological polar surface area (TPSA) is 48.1 Å².